The van der Waals surface area contributed by atoms with E-state index in [4.69, 9.17) is 0 Å². The van der Waals surface area contributed by atoms with Crippen LogP contribution in [-0.4, -0.2) is 0 Å². The van der Waals surface area contributed by atoms with Crippen LogP contribution in [0.1, 0.15) is 67.0 Å². The number of hydrogen-bond acceptors (Lipinski definition) is 1. The van der Waals surface area contributed by atoms with Crippen LogP contribution in [0.25, 0.3) is 0 Å². The molecule has 0 aliphatic rings. The Morgan fingerprint density at radius 3 is 2.50 bits per heavy atom. The fraction of sp³-hybridized carbons (Fsp3) is 0.714. The standard InChI is InChI=1S/C14H23BrS/c1-3-5-6-7-8-9-13(15)14-11-10-12(4-2)16-14/h10-11,13H,3-9H2,1-2H3. The van der Waals surface area contributed by atoms with Crippen molar-refractivity contribution in [1.82, 2.24) is 0 Å². The van der Waals surface area contributed by atoms with Crippen molar-refractivity contribution in [2.45, 2.75) is 63.6 Å². The van der Waals surface area contributed by atoms with Crippen LogP contribution in [0.2, 0.25) is 0 Å². The maximum Gasteiger partial charge on any atom is 0.0489 e. The Labute approximate surface area is 113 Å². The molecule has 0 spiro atoms. The van der Waals surface area contributed by atoms with Crippen LogP contribution in [0, 0.1) is 0 Å². The Kier molecular flexibility index (Phi) is 7.39. The Hall–Kier alpha value is 0.180. The minimum absolute atomic E-state index is 0.583. The molecule has 0 bridgehead atoms. The van der Waals surface area contributed by atoms with Crippen LogP contribution in [0.3, 0.4) is 0 Å². The smallest absolute Gasteiger partial charge is 0.0489 e. The van der Waals surface area contributed by atoms with Gasteiger partial charge in [0.25, 0.3) is 0 Å². The van der Waals surface area contributed by atoms with E-state index < -0.39 is 0 Å². The molecule has 0 aliphatic carbocycles. The van der Waals surface area contributed by atoms with Crippen LogP contribution in [0.15, 0.2) is 12.1 Å². The van der Waals surface area contributed by atoms with E-state index >= 15 is 0 Å². The van der Waals surface area contributed by atoms with Gasteiger partial charge in [-0.05, 0) is 25.0 Å². The third kappa shape index (κ3) is 5.01. The summed E-state index contributed by atoms with van der Waals surface area (Å²) in [6.07, 6.45) is 9.33. The fourth-order valence-corrected chi connectivity index (χ4v) is 3.54. The van der Waals surface area contributed by atoms with E-state index in [1.807, 2.05) is 11.3 Å². The predicted molar refractivity (Wildman–Crippen MR) is 78.7 cm³/mol. The highest BCUT2D eigenvalue weighted by molar-refractivity contribution is 9.09. The molecule has 0 saturated carbocycles. The van der Waals surface area contributed by atoms with Crippen LogP contribution in [0.4, 0.5) is 0 Å². The van der Waals surface area contributed by atoms with Gasteiger partial charge in [-0.3, -0.25) is 0 Å². The number of rotatable bonds is 8. The van der Waals surface area contributed by atoms with E-state index in [-0.39, 0.29) is 0 Å². The molecule has 92 valence electrons. The molecule has 16 heavy (non-hydrogen) atoms. The lowest BCUT2D eigenvalue weighted by atomic mass is 10.1. The van der Waals surface area contributed by atoms with Gasteiger partial charge in [0.15, 0.2) is 0 Å². The SMILES string of the molecule is CCCCCCCC(Br)c1ccc(CC)s1. The molecule has 0 N–H and O–H groups in total. The maximum absolute atomic E-state index is 3.81. The first-order valence-corrected chi connectivity index (χ1v) is 8.23. The summed E-state index contributed by atoms with van der Waals surface area (Å²) >= 11 is 5.77. The number of unbranched alkanes of at least 4 members (excludes halogenated alkanes) is 4. The van der Waals surface area contributed by atoms with E-state index in [0.29, 0.717) is 4.83 Å². The second kappa shape index (κ2) is 8.30. The molecule has 0 amide bonds. The monoisotopic (exact) mass is 302 g/mol. The van der Waals surface area contributed by atoms with Gasteiger partial charge in [0, 0.05) is 14.6 Å². The minimum atomic E-state index is 0.583. The van der Waals surface area contributed by atoms with Crippen LogP contribution in [0.5, 0.6) is 0 Å². The molecule has 1 atom stereocenters. The second-order valence-electron chi connectivity index (χ2n) is 4.33. The largest absolute Gasteiger partial charge is 0.144 e. The average molecular weight is 303 g/mol. The zero-order chi connectivity index (χ0) is 11.8. The van der Waals surface area contributed by atoms with Crippen LogP contribution in [-0.2, 0) is 6.42 Å². The number of hydrogen-bond donors (Lipinski definition) is 0. The van der Waals surface area contributed by atoms with E-state index in [1.54, 1.807) is 0 Å². The van der Waals surface area contributed by atoms with Gasteiger partial charge in [0.05, 0.1) is 0 Å². The van der Waals surface area contributed by atoms with Crippen molar-refractivity contribution in [1.29, 1.82) is 0 Å². The second-order valence-corrected chi connectivity index (χ2v) is 6.63. The zero-order valence-corrected chi connectivity index (χ0v) is 12.9. The first-order chi connectivity index (χ1) is 7.77. The Morgan fingerprint density at radius 1 is 1.12 bits per heavy atom. The molecule has 0 radical (unpaired) electrons. The summed E-state index contributed by atoms with van der Waals surface area (Å²) in [5.41, 5.74) is 0. The molecular formula is C14H23BrS. The van der Waals surface area contributed by atoms with Crippen molar-refractivity contribution in [2.24, 2.45) is 0 Å². The number of alkyl halides is 1. The quantitative estimate of drug-likeness (QED) is 0.401. The molecule has 1 aromatic heterocycles. The Morgan fingerprint density at radius 2 is 1.88 bits per heavy atom. The van der Waals surface area contributed by atoms with Gasteiger partial charge in [-0.15, -0.1) is 11.3 Å². The van der Waals surface area contributed by atoms with E-state index in [9.17, 15) is 0 Å². The van der Waals surface area contributed by atoms with Crippen LogP contribution >= 0.6 is 27.3 Å². The number of thiophene rings is 1. The summed E-state index contributed by atoms with van der Waals surface area (Å²) in [6, 6.07) is 4.56. The lowest BCUT2D eigenvalue weighted by molar-refractivity contribution is 0.607. The van der Waals surface area contributed by atoms with Gasteiger partial charge in [0.2, 0.25) is 0 Å². The summed E-state index contributed by atoms with van der Waals surface area (Å²) in [5.74, 6) is 0. The number of aryl methyl sites for hydroxylation is 1. The highest BCUT2D eigenvalue weighted by Crippen LogP contribution is 2.33. The summed E-state index contributed by atoms with van der Waals surface area (Å²) in [6.45, 7) is 4.49. The molecule has 1 heterocycles. The van der Waals surface area contributed by atoms with Gasteiger partial charge < -0.3 is 0 Å². The maximum atomic E-state index is 3.81. The van der Waals surface area contributed by atoms with E-state index in [2.05, 4.69) is 41.9 Å². The van der Waals surface area contributed by atoms with Gasteiger partial charge in [0.1, 0.15) is 0 Å². The highest BCUT2D eigenvalue weighted by atomic mass is 79.9. The zero-order valence-electron chi connectivity index (χ0n) is 10.5. The lowest BCUT2D eigenvalue weighted by Crippen LogP contribution is -1.86. The van der Waals surface area contributed by atoms with Gasteiger partial charge in [-0.2, -0.15) is 0 Å². The third-order valence-electron chi connectivity index (χ3n) is 2.90. The van der Waals surface area contributed by atoms with Crippen molar-refractivity contribution in [2.75, 3.05) is 0 Å². The molecular weight excluding hydrogens is 280 g/mol. The molecule has 0 saturated heterocycles. The van der Waals surface area contributed by atoms with Crippen molar-refractivity contribution < 1.29 is 0 Å². The molecule has 0 aliphatic heterocycles. The van der Waals surface area contributed by atoms with Gasteiger partial charge in [-0.1, -0.05) is 61.9 Å². The highest BCUT2D eigenvalue weighted by Gasteiger charge is 2.09. The molecule has 1 aromatic rings. The molecule has 0 aromatic carbocycles. The van der Waals surface area contributed by atoms with Crippen molar-refractivity contribution in [3.05, 3.63) is 21.9 Å². The normalized spacial score (nSPS) is 12.9. The van der Waals surface area contributed by atoms with Crippen molar-refractivity contribution in [3.8, 4) is 0 Å². The predicted octanol–water partition coefficient (Wildman–Crippen LogP) is 6.11. The van der Waals surface area contributed by atoms with Gasteiger partial charge in [-0.25, -0.2) is 0 Å². The van der Waals surface area contributed by atoms with Crippen LogP contribution < -0.4 is 0 Å². The van der Waals surface area contributed by atoms with Gasteiger partial charge >= 0.3 is 0 Å². The molecule has 1 rings (SSSR count). The van der Waals surface area contributed by atoms with E-state index in [0.717, 1.165) is 0 Å². The molecule has 0 nitrogen and oxygen atoms in total. The Bertz CT molecular complexity index is 280. The topological polar surface area (TPSA) is 0 Å². The summed E-state index contributed by atoms with van der Waals surface area (Å²) in [5, 5.41) is 0. The summed E-state index contributed by atoms with van der Waals surface area (Å²) in [4.78, 5) is 3.59. The summed E-state index contributed by atoms with van der Waals surface area (Å²) < 4.78 is 0. The molecule has 0 fully saturated rings. The first-order valence-electron chi connectivity index (χ1n) is 6.50. The molecule has 2 heteroatoms. The fourth-order valence-electron chi connectivity index (χ4n) is 1.82. The summed E-state index contributed by atoms with van der Waals surface area (Å²) in [7, 11) is 0. The third-order valence-corrected chi connectivity index (χ3v) is 5.50. The van der Waals surface area contributed by atoms with Crippen molar-refractivity contribution in [3.63, 3.8) is 0 Å². The molecule has 1 unspecified atom stereocenters. The lowest BCUT2D eigenvalue weighted by Gasteiger charge is -2.06. The minimum Gasteiger partial charge on any atom is -0.144 e. The first kappa shape index (κ1) is 14.2. The average Bonchev–Trinajstić information content (AvgIpc) is 2.77. The van der Waals surface area contributed by atoms with Crippen molar-refractivity contribution >= 4 is 27.3 Å². The Balaban J connectivity index is 2.21. The van der Waals surface area contributed by atoms with E-state index in [1.165, 1.54) is 54.7 Å². The number of halogens is 1.